The molecule has 0 spiro atoms. The number of nitrogens with zero attached hydrogens (tertiary/aromatic N) is 1. The maximum Gasteiger partial charge on any atom is 0.123 e. The van der Waals surface area contributed by atoms with Crippen molar-refractivity contribution < 1.29 is 4.39 Å². The molecule has 1 aromatic heterocycles. The average Bonchev–Trinajstić information content (AvgIpc) is 2.67. The van der Waals surface area contributed by atoms with Gasteiger partial charge in [-0.3, -0.25) is 0 Å². The lowest BCUT2D eigenvalue weighted by atomic mass is 10.1. The van der Waals surface area contributed by atoms with Gasteiger partial charge < -0.3 is 0 Å². The first-order valence-corrected chi connectivity index (χ1v) is 4.92. The van der Waals surface area contributed by atoms with Crippen LogP contribution in [0, 0.1) is 17.1 Å². The van der Waals surface area contributed by atoms with Gasteiger partial charge >= 0.3 is 0 Å². The van der Waals surface area contributed by atoms with E-state index in [1.807, 2.05) is 5.38 Å². The Morgan fingerprint density at radius 3 is 2.43 bits per heavy atom. The topological polar surface area (TPSA) is 23.8 Å². The summed E-state index contributed by atoms with van der Waals surface area (Å²) in [4.78, 5) is 0.671. The van der Waals surface area contributed by atoms with Crippen LogP contribution < -0.4 is 0 Å². The second-order valence-electron chi connectivity index (χ2n) is 2.82. The van der Waals surface area contributed by atoms with Crippen LogP contribution in [0.3, 0.4) is 0 Å². The fourth-order valence-electron chi connectivity index (χ4n) is 1.19. The summed E-state index contributed by atoms with van der Waals surface area (Å²) in [5.74, 6) is -0.246. The minimum Gasteiger partial charge on any atom is -0.207 e. The van der Waals surface area contributed by atoms with Crippen molar-refractivity contribution >= 4 is 11.3 Å². The highest BCUT2D eigenvalue weighted by Gasteiger charge is 2.01. The van der Waals surface area contributed by atoms with Crippen LogP contribution in [0.25, 0.3) is 11.1 Å². The Balaban J connectivity index is 2.40. The quantitative estimate of drug-likeness (QED) is 0.696. The zero-order chi connectivity index (χ0) is 9.97. The van der Waals surface area contributed by atoms with Crippen LogP contribution in [0.4, 0.5) is 4.39 Å². The number of benzene rings is 1. The van der Waals surface area contributed by atoms with Gasteiger partial charge in [0.15, 0.2) is 0 Å². The molecule has 0 N–H and O–H groups in total. The maximum absolute atomic E-state index is 12.6. The molecule has 0 unspecified atom stereocenters. The van der Waals surface area contributed by atoms with Gasteiger partial charge in [0.05, 0.1) is 0 Å². The third-order valence-electron chi connectivity index (χ3n) is 1.89. The molecular formula is C11H6FNS. The van der Waals surface area contributed by atoms with Crippen LogP contribution in [0.2, 0.25) is 0 Å². The van der Waals surface area contributed by atoms with E-state index in [0.29, 0.717) is 4.88 Å². The first-order valence-electron chi connectivity index (χ1n) is 4.04. The van der Waals surface area contributed by atoms with Gasteiger partial charge in [0.25, 0.3) is 0 Å². The number of hydrogen-bond acceptors (Lipinski definition) is 2. The number of rotatable bonds is 1. The van der Waals surface area contributed by atoms with Crippen LogP contribution >= 0.6 is 11.3 Å². The minimum atomic E-state index is -0.246. The fraction of sp³-hybridized carbons (Fsp3) is 0. The first kappa shape index (κ1) is 8.92. The van der Waals surface area contributed by atoms with Gasteiger partial charge in [0, 0.05) is 0 Å². The first-order chi connectivity index (χ1) is 6.79. The van der Waals surface area contributed by atoms with Crippen LogP contribution in [0.5, 0.6) is 0 Å². The molecule has 0 amide bonds. The predicted octanol–water partition coefficient (Wildman–Crippen LogP) is 3.43. The van der Waals surface area contributed by atoms with E-state index in [4.69, 9.17) is 5.26 Å². The molecule has 1 heterocycles. The largest absolute Gasteiger partial charge is 0.207 e. The Morgan fingerprint density at radius 2 is 1.86 bits per heavy atom. The number of hydrogen-bond donors (Lipinski definition) is 0. The average molecular weight is 203 g/mol. The fourth-order valence-corrected chi connectivity index (χ4v) is 1.89. The van der Waals surface area contributed by atoms with Crippen LogP contribution in [-0.4, -0.2) is 0 Å². The van der Waals surface area contributed by atoms with Gasteiger partial charge in [-0.2, -0.15) is 5.26 Å². The molecule has 0 atom stereocenters. The summed E-state index contributed by atoms with van der Waals surface area (Å²) in [6.45, 7) is 0. The highest BCUT2D eigenvalue weighted by Crippen LogP contribution is 2.25. The van der Waals surface area contributed by atoms with E-state index in [9.17, 15) is 4.39 Å². The molecule has 2 rings (SSSR count). The van der Waals surface area contributed by atoms with Crippen molar-refractivity contribution in [3.63, 3.8) is 0 Å². The Hall–Kier alpha value is -1.66. The molecule has 2 aromatic rings. The number of halogens is 1. The molecule has 0 radical (unpaired) electrons. The minimum absolute atomic E-state index is 0.246. The zero-order valence-corrected chi connectivity index (χ0v) is 8.01. The van der Waals surface area contributed by atoms with E-state index in [1.165, 1.54) is 23.5 Å². The molecule has 0 saturated carbocycles. The number of nitriles is 1. The lowest BCUT2D eigenvalue weighted by Crippen LogP contribution is -1.75. The van der Waals surface area contributed by atoms with Crippen molar-refractivity contribution in [2.45, 2.75) is 0 Å². The molecule has 0 aliphatic heterocycles. The molecule has 0 aliphatic carbocycles. The van der Waals surface area contributed by atoms with E-state index in [1.54, 1.807) is 18.2 Å². The predicted molar refractivity (Wildman–Crippen MR) is 54.4 cm³/mol. The lowest BCUT2D eigenvalue weighted by molar-refractivity contribution is 0.628. The van der Waals surface area contributed by atoms with E-state index in [0.717, 1.165) is 11.1 Å². The molecule has 1 nitrogen and oxygen atoms in total. The molecule has 0 aliphatic rings. The monoisotopic (exact) mass is 203 g/mol. The van der Waals surface area contributed by atoms with Crippen molar-refractivity contribution in [1.29, 1.82) is 5.26 Å². The highest BCUT2D eigenvalue weighted by molar-refractivity contribution is 7.10. The van der Waals surface area contributed by atoms with E-state index < -0.39 is 0 Å². The van der Waals surface area contributed by atoms with Crippen molar-refractivity contribution in [2.24, 2.45) is 0 Å². The second-order valence-corrected chi connectivity index (χ2v) is 3.73. The summed E-state index contributed by atoms with van der Waals surface area (Å²) >= 11 is 1.39. The van der Waals surface area contributed by atoms with Crippen LogP contribution in [0.15, 0.2) is 35.7 Å². The van der Waals surface area contributed by atoms with E-state index in [2.05, 4.69) is 6.07 Å². The third kappa shape index (κ3) is 1.66. The summed E-state index contributed by atoms with van der Waals surface area (Å²) in [5, 5.41) is 10.5. The van der Waals surface area contributed by atoms with Gasteiger partial charge in [-0.15, -0.1) is 11.3 Å². The molecule has 3 heteroatoms. The SMILES string of the molecule is N#Cc1cc(-c2ccc(F)cc2)cs1. The normalized spacial score (nSPS) is 9.71. The summed E-state index contributed by atoms with van der Waals surface area (Å²) in [6, 6.07) is 10.1. The number of thiophene rings is 1. The van der Waals surface area contributed by atoms with Gasteiger partial charge in [-0.05, 0) is 34.7 Å². The Kier molecular flexibility index (Phi) is 2.30. The summed E-state index contributed by atoms with van der Waals surface area (Å²) < 4.78 is 12.6. The Labute approximate surface area is 85.1 Å². The van der Waals surface area contributed by atoms with Crippen LogP contribution in [-0.2, 0) is 0 Å². The van der Waals surface area contributed by atoms with Crippen molar-refractivity contribution in [3.8, 4) is 17.2 Å². The summed E-state index contributed by atoms with van der Waals surface area (Å²) in [7, 11) is 0. The van der Waals surface area contributed by atoms with Gasteiger partial charge in [0.1, 0.15) is 16.8 Å². The third-order valence-corrected chi connectivity index (χ3v) is 2.72. The Bertz CT molecular complexity index is 479. The lowest BCUT2D eigenvalue weighted by Gasteiger charge is -1.95. The maximum atomic E-state index is 12.6. The molecule has 0 fully saturated rings. The molecule has 0 bridgehead atoms. The molecule has 0 saturated heterocycles. The molecule has 1 aromatic carbocycles. The van der Waals surface area contributed by atoms with Crippen LogP contribution in [0.1, 0.15) is 4.88 Å². The Morgan fingerprint density at radius 1 is 1.14 bits per heavy atom. The molecule has 14 heavy (non-hydrogen) atoms. The molecular weight excluding hydrogens is 197 g/mol. The van der Waals surface area contributed by atoms with Gasteiger partial charge in [-0.25, -0.2) is 4.39 Å². The zero-order valence-electron chi connectivity index (χ0n) is 7.20. The van der Waals surface area contributed by atoms with E-state index >= 15 is 0 Å². The van der Waals surface area contributed by atoms with Gasteiger partial charge in [-0.1, -0.05) is 12.1 Å². The molecule has 68 valence electrons. The summed E-state index contributed by atoms with van der Waals surface area (Å²) in [5.41, 5.74) is 1.90. The summed E-state index contributed by atoms with van der Waals surface area (Å²) in [6.07, 6.45) is 0. The van der Waals surface area contributed by atoms with Gasteiger partial charge in [0.2, 0.25) is 0 Å². The highest BCUT2D eigenvalue weighted by atomic mass is 32.1. The van der Waals surface area contributed by atoms with Crippen molar-refractivity contribution in [1.82, 2.24) is 0 Å². The second kappa shape index (κ2) is 3.60. The smallest absolute Gasteiger partial charge is 0.123 e. The van der Waals surface area contributed by atoms with Crippen molar-refractivity contribution in [2.75, 3.05) is 0 Å². The van der Waals surface area contributed by atoms with Crippen molar-refractivity contribution in [3.05, 3.63) is 46.4 Å². The standard InChI is InChI=1S/C11H6FNS/c12-10-3-1-8(2-4-10)9-5-11(6-13)14-7-9/h1-5,7H. The van der Waals surface area contributed by atoms with E-state index in [-0.39, 0.29) is 5.82 Å².